The summed E-state index contributed by atoms with van der Waals surface area (Å²) < 4.78 is 45.8. The molecular formula is C19H18F3NO3. The van der Waals surface area contributed by atoms with Gasteiger partial charge in [0.15, 0.2) is 0 Å². The Morgan fingerprint density at radius 3 is 2.62 bits per heavy atom. The highest BCUT2D eigenvalue weighted by atomic mass is 19.4. The molecule has 1 aliphatic rings. The van der Waals surface area contributed by atoms with Crippen molar-refractivity contribution in [2.45, 2.75) is 19.2 Å². The summed E-state index contributed by atoms with van der Waals surface area (Å²) in [5.41, 5.74) is 1.82. The zero-order valence-corrected chi connectivity index (χ0v) is 13.9. The number of carbonyl (C=O) groups excluding carboxylic acids is 1. The average Bonchev–Trinajstić information content (AvgIpc) is 2.61. The van der Waals surface area contributed by atoms with Gasteiger partial charge in [-0.1, -0.05) is 30.3 Å². The largest absolute Gasteiger partial charge is 0.573 e. The normalized spacial score (nSPS) is 16.3. The van der Waals surface area contributed by atoms with Crippen LogP contribution in [0.15, 0.2) is 48.5 Å². The lowest BCUT2D eigenvalue weighted by molar-refractivity contribution is -0.274. The number of nitrogens with one attached hydrogen (secondary N) is 1. The van der Waals surface area contributed by atoms with E-state index in [9.17, 15) is 18.0 Å². The van der Waals surface area contributed by atoms with Crippen molar-refractivity contribution in [1.82, 2.24) is 5.32 Å². The summed E-state index contributed by atoms with van der Waals surface area (Å²) >= 11 is 0. The van der Waals surface area contributed by atoms with Crippen LogP contribution < -0.4 is 14.8 Å². The number of halogens is 3. The number of hydrogen-bond acceptors (Lipinski definition) is 3. The molecule has 0 bridgehead atoms. The van der Waals surface area contributed by atoms with Crippen LogP contribution in [0.5, 0.6) is 11.5 Å². The van der Waals surface area contributed by atoms with E-state index in [4.69, 9.17) is 4.74 Å². The molecule has 1 atom stereocenters. The molecule has 0 radical (unpaired) electrons. The SMILES string of the molecule is O=C(NCCc1ccc(OC(F)(F)F)cc1)[C@@H]1COc2ccccc2C1. The number of fused-ring (bicyclic) bond motifs is 1. The van der Waals surface area contributed by atoms with Crippen LogP contribution in [-0.4, -0.2) is 25.4 Å². The number of rotatable bonds is 5. The van der Waals surface area contributed by atoms with Crippen molar-refractivity contribution in [3.8, 4) is 11.5 Å². The summed E-state index contributed by atoms with van der Waals surface area (Å²) in [6, 6.07) is 13.3. The van der Waals surface area contributed by atoms with E-state index in [2.05, 4.69) is 10.1 Å². The molecule has 0 fully saturated rings. The Hall–Kier alpha value is -2.70. The quantitative estimate of drug-likeness (QED) is 0.882. The third-order valence-electron chi connectivity index (χ3n) is 4.12. The molecule has 0 unspecified atom stereocenters. The van der Waals surface area contributed by atoms with E-state index < -0.39 is 6.36 Å². The molecule has 138 valence electrons. The van der Waals surface area contributed by atoms with Crippen LogP contribution in [0.3, 0.4) is 0 Å². The lowest BCUT2D eigenvalue weighted by Gasteiger charge is -2.24. The predicted molar refractivity (Wildman–Crippen MR) is 89.0 cm³/mol. The number of alkyl halides is 3. The molecule has 0 saturated carbocycles. The molecule has 0 aliphatic carbocycles. The van der Waals surface area contributed by atoms with Gasteiger partial charge >= 0.3 is 6.36 Å². The van der Waals surface area contributed by atoms with Crippen molar-refractivity contribution in [3.05, 3.63) is 59.7 Å². The summed E-state index contributed by atoms with van der Waals surface area (Å²) in [5.74, 6) is 0.227. The molecule has 4 nitrogen and oxygen atoms in total. The van der Waals surface area contributed by atoms with Crippen molar-refractivity contribution in [3.63, 3.8) is 0 Å². The molecule has 2 aromatic rings. The Kier molecular flexibility index (Phi) is 5.35. The van der Waals surface area contributed by atoms with Gasteiger partial charge in [0, 0.05) is 6.54 Å². The molecule has 2 aromatic carbocycles. The van der Waals surface area contributed by atoms with Gasteiger partial charge in [-0.05, 0) is 42.2 Å². The van der Waals surface area contributed by atoms with Crippen LogP contribution >= 0.6 is 0 Å². The maximum absolute atomic E-state index is 12.3. The fourth-order valence-electron chi connectivity index (χ4n) is 2.83. The molecule has 1 N–H and O–H groups in total. The van der Waals surface area contributed by atoms with E-state index in [1.165, 1.54) is 12.1 Å². The van der Waals surface area contributed by atoms with Crippen molar-refractivity contribution in [2.24, 2.45) is 5.92 Å². The average molecular weight is 365 g/mol. The predicted octanol–water partition coefficient (Wildman–Crippen LogP) is 3.50. The second kappa shape index (κ2) is 7.68. The molecular weight excluding hydrogens is 347 g/mol. The minimum atomic E-state index is -4.70. The summed E-state index contributed by atoms with van der Waals surface area (Å²) in [5, 5.41) is 2.85. The smallest absolute Gasteiger partial charge is 0.492 e. The monoisotopic (exact) mass is 365 g/mol. The highest BCUT2D eigenvalue weighted by Crippen LogP contribution is 2.27. The van der Waals surface area contributed by atoms with Crippen LogP contribution in [0.1, 0.15) is 11.1 Å². The molecule has 0 spiro atoms. The van der Waals surface area contributed by atoms with Gasteiger partial charge in [-0.2, -0.15) is 0 Å². The van der Waals surface area contributed by atoms with Crippen molar-refractivity contribution in [2.75, 3.05) is 13.2 Å². The zero-order valence-electron chi connectivity index (χ0n) is 13.9. The number of carbonyl (C=O) groups is 1. The number of benzene rings is 2. The van der Waals surface area contributed by atoms with E-state index in [1.54, 1.807) is 12.1 Å². The van der Waals surface area contributed by atoms with E-state index in [0.29, 0.717) is 26.0 Å². The third kappa shape index (κ3) is 4.91. The van der Waals surface area contributed by atoms with Gasteiger partial charge in [0.25, 0.3) is 0 Å². The van der Waals surface area contributed by atoms with Gasteiger partial charge in [0.2, 0.25) is 5.91 Å². The first-order valence-electron chi connectivity index (χ1n) is 8.24. The second-order valence-corrected chi connectivity index (χ2v) is 6.05. The standard InChI is InChI=1S/C19H18F3NO3/c20-19(21,22)26-16-7-5-13(6-8-16)9-10-23-18(24)15-11-14-3-1-2-4-17(14)25-12-15/h1-8,15H,9-12H2,(H,23,24)/t15-/m0/s1. The van der Waals surface area contributed by atoms with Crippen LogP contribution in [-0.2, 0) is 17.6 Å². The van der Waals surface area contributed by atoms with Gasteiger partial charge in [-0.15, -0.1) is 13.2 Å². The number of para-hydroxylation sites is 1. The van der Waals surface area contributed by atoms with Gasteiger partial charge in [0.1, 0.15) is 18.1 Å². The van der Waals surface area contributed by atoms with Crippen molar-refractivity contribution < 1.29 is 27.4 Å². The highest BCUT2D eigenvalue weighted by molar-refractivity contribution is 5.79. The van der Waals surface area contributed by atoms with Crippen LogP contribution in [0.25, 0.3) is 0 Å². The van der Waals surface area contributed by atoms with Crippen LogP contribution in [0, 0.1) is 5.92 Å². The Morgan fingerprint density at radius 2 is 1.88 bits per heavy atom. The second-order valence-electron chi connectivity index (χ2n) is 6.05. The van der Waals surface area contributed by atoms with Gasteiger partial charge in [-0.3, -0.25) is 4.79 Å². The molecule has 26 heavy (non-hydrogen) atoms. The lowest BCUT2D eigenvalue weighted by Crippen LogP contribution is -2.38. The van der Waals surface area contributed by atoms with Crippen molar-refractivity contribution in [1.29, 1.82) is 0 Å². The highest BCUT2D eigenvalue weighted by Gasteiger charge is 2.31. The summed E-state index contributed by atoms with van der Waals surface area (Å²) in [6.45, 7) is 0.739. The summed E-state index contributed by atoms with van der Waals surface area (Å²) in [7, 11) is 0. The molecule has 7 heteroatoms. The minimum Gasteiger partial charge on any atom is -0.492 e. The zero-order chi connectivity index (χ0) is 18.6. The van der Waals surface area contributed by atoms with Gasteiger partial charge in [-0.25, -0.2) is 0 Å². The molecule has 1 heterocycles. The maximum Gasteiger partial charge on any atom is 0.573 e. The Balaban J connectivity index is 1.45. The maximum atomic E-state index is 12.3. The summed E-state index contributed by atoms with van der Waals surface area (Å²) in [4.78, 5) is 12.3. The van der Waals surface area contributed by atoms with Crippen molar-refractivity contribution >= 4 is 5.91 Å². The Morgan fingerprint density at radius 1 is 1.15 bits per heavy atom. The van der Waals surface area contributed by atoms with Gasteiger partial charge < -0.3 is 14.8 Å². The number of hydrogen-bond donors (Lipinski definition) is 1. The van der Waals surface area contributed by atoms with Crippen LogP contribution in [0.2, 0.25) is 0 Å². The third-order valence-corrected chi connectivity index (χ3v) is 4.12. The lowest BCUT2D eigenvalue weighted by atomic mass is 9.96. The van der Waals surface area contributed by atoms with Crippen LogP contribution in [0.4, 0.5) is 13.2 Å². The first kappa shape index (κ1) is 18.1. The fraction of sp³-hybridized carbons (Fsp3) is 0.316. The topological polar surface area (TPSA) is 47.6 Å². The van der Waals surface area contributed by atoms with E-state index in [1.807, 2.05) is 24.3 Å². The first-order chi connectivity index (χ1) is 12.4. The fourth-order valence-corrected chi connectivity index (χ4v) is 2.83. The van der Waals surface area contributed by atoms with E-state index >= 15 is 0 Å². The van der Waals surface area contributed by atoms with Gasteiger partial charge in [0.05, 0.1) is 5.92 Å². The Bertz CT molecular complexity index is 759. The van der Waals surface area contributed by atoms with E-state index in [0.717, 1.165) is 16.9 Å². The molecule has 3 rings (SSSR count). The summed E-state index contributed by atoms with van der Waals surface area (Å²) in [6.07, 6.45) is -3.55. The molecule has 1 amide bonds. The molecule has 0 saturated heterocycles. The Labute approximate surface area is 148 Å². The first-order valence-corrected chi connectivity index (χ1v) is 8.24. The number of amides is 1. The minimum absolute atomic E-state index is 0.0865. The molecule has 0 aromatic heterocycles. The number of ether oxygens (including phenoxy) is 2. The molecule has 1 aliphatic heterocycles. The van der Waals surface area contributed by atoms with E-state index in [-0.39, 0.29) is 17.6 Å².